The van der Waals surface area contributed by atoms with Crippen LogP contribution in [-0.2, 0) is 0 Å². The standard InChI is InChI=1S/C32H20ClN3/c33-23-15-17-26-25-13-7-8-14-29(25)36(30(26)19-23)24-16-18-27-28(20-24)35-32(22-11-5-2-6-12-22)31(34-27)21-9-3-1-4-10-21/h1-20H. The number of nitrogens with zero attached hydrogens (tertiary/aromatic N) is 3. The molecule has 2 heterocycles. The molecular weight excluding hydrogens is 462 g/mol. The number of aromatic nitrogens is 3. The first-order valence-electron chi connectivity index (χ1n) is 11.9. The molecule has 0 N–H and O–H groups in total. The number of hydrogen-bond acceptors (Lipinski definition) is 2. The number of fused-ring (bicyclic) bond motifs is 4. The fraction of sp³-hybridized carbons (Fsp3) is 0. The molecule has 5 aromatic carbocycles. The van der Waals surface area contributed by atoms with Crippen LogP contribution in [0.1, 0.15) is 0 Å². The molecule has 0 amide bonds. The highest BCUT2D eigenvalue weighted by molar-refractivity contribution is 6.31. The number of rotatable bonds is 3. The SMILES string of the molecule is Clc1ccc2c3ccccc3n(-c3ccc4nc(-c5ccccc5)c(-c5ccccc5)nc4c3)c2c1. The highest BCUT2D eigenvalue weighted by Crippen LogP contribution is 2.35. The summed E-state index contributed by atoms with van der Waals surface area (Å²) >= 11 is 6.43. The summed E-state index contributed by atoms with van der Waals surface area (Å²) in [5.74, 6) is 0. The molecule has 0 spiro atoms. The van der Waals surface area contributed by atoms with Crippen LogP contribution in [0, 0.1) is 0 Å². The molecular formula is C32H20ClN3. The third-order valence-electron chi connectivity index (χ3n) is 6.64. The van der Waals surface area contributed by atoms with Crippen molar-refractivity contribution in [2.75, 3.05) is 0 Å². The van der Waals surface area contributed by atoms with E-state index in [1.165, 1.54) is 10.8 Å². The molecule has 0 aliphatic rings. The lowest BCUT2D eigenvalue weighted by Gasteiger charge is -2.13. The largest absolute Gasteiger partial charge is 0.309 e. The minimum Gasteiger partial charge on any atom is -0.309 e. The van der Waals surface area contributed by atoms with Gasteiger partial charge in [0.2, 0.25) is 0 Å². The third kappa shape index (κ3) is 3.36. The van der Waals surface area contributed by atoms with Crippen molar-refractivity contribution in [1.29, 1.82) is 0 Å². The minimum atomic E-state index is 0.714. The van der Waals surface area contributed by atoms with Crippen molar-refractivity contribution in [2.24, 2.45) is 0 Å². The summed E-state index contributed by atoms with van der Waals surface area (Å²) < 4.78 is 2.25. The normalized spacial score (nSPS) is 11.5. The molecule has 7 rings (SSSR count). The van der Waals surface area contributed by atoms with E-state index in [1.54, 1.807) is 0 Å². The van der Waals surface area contributed by atoms with E-state index in [0.29, 0.717) is 5.02 Å². The van der Waals surface area contributed by atoms with Crippen LogP contribution < -0.4 is 0 Å². The molecule has 0 aliphatic carbocycles. The fourth-order valence-electron chi connectivity index (χ4n) is 5.00. The Balaban J connectivity index is 1.51. The molecule has 36 heavy (non-hydrogen) atoms. The molecule has 2 aromatic heterocycles. The van der Waals surface area contributed by atoms with Crippen molar-refractivity contribution in [3.05, 3.63) is 126 Å². The topological polar surface area (TPSA) is 30.7 Å². The predicted molar refractivity (Wildman–Crippen MR) is 150 cm³/mol. The van der Waals surface area contributed by atoms with Gasteiger partial charge in [0.1, 0.15) is 0 Å². The van der Waals surface area contributed by atoms with E-state index in [2.05, 4.69) is 77.4 Å². The number of halogens is 1. The van der Waals surface area contributed by atoms with Gasteiger partial charge >= 0.3 is 0 Å². The highest BCUT2D eigenvalue weighted by Gasteiger charge is 2.16. The predicted octanol–water partition coefficient (Wildman–Crippen LogP) is 8.71. The lowest BCUT2D eigenvalue weighted by atomic mass is 10.0. The van der Waals surface area contributed by atoms with Gasteiger partial charge in [0.15, 0.2) is 0 Å². The zero-order valence-corrected chi connectivity index (χ0v) is 20.0. The van der Waals surface area contributed by atoms with E-state index < -0.39 is 0 Å². The molecule has 7 aromatic rings. The van der Waals surface area contributed by atoms with Gasteiger partial charge in [-0.3, -0.25) is 0 Å². The van der Waals surface area contributed by atoms with Crippen LogP contribution in [0.2, 0.25) is 5.02 Å². The molecule has 0 fully saturated rings. The maximum Gasteiger partial charge on any atom is 0.0973 e. The summed E-state index contributed by atoms with van der Waals surface area (Å²) in [6.45, 7) is 0. The quantitative estimate of drug-likeness (QED) is 0.252. The van der Waals surface area contributed by atoms with E-state index in [1.807, 2.05) is 48.5 Å². The number of hydrogen-bond donors (Lipinski definition) is 0. The summed E-state index contributed by atoms with van der Waals surface area (Å²) in [5, 5.41) is 3.08. The van der Waals surface area contributed by atoms with Gasteiger partial charge < -0.3 is 4.57 Å². The van der Waals surface area contributed by atoms with Gasteiger partial charge in [-0.2, -0.15) is 0 Å². The smallest absolute Gasteiger partial charge is 0.0973 e. The Kier molecular flexibility index (Phi) is 4.83. The average Bonchev–Trinajstić information content (AvgIpc) is 3.26. The van der Waals surface area contributed by atoms with Crippen LogP contribution in [0.15, 0.2) is 121 Å². The molecule has 0 aliphatic heterocycles. The average molecular weight is 482 g/mol. The van der Waals surface area contributed by atoms with Crippen LogP contribution >= 0.6 is 11.6 Å². The minimum absolute atomic E-state index is 0.714. The molecule has 0 saturated heterocycles. The fourth-order valence-corrected chi connectivity index (χ4v) is 5.16. The Bertz CT molecular complexity index is 1890. The summed E-state index contributed by atoms with van der Waals surface area (Å²) in [5.41, 5.74) is 8.77. The molecule has 0 bridgehead atoms. The highest BCUT2D eigenvalue weighted by atomic mass is 35.5. The second-order valence-electron chi connectivity index (χ2n) is 8.84. The van der Waals surface area contributed by atoms with Gasteiger partial charge in [0, 0.05) is 32.6 Å². The zero-order chi connectivity index (χ0) is 24.1. The van der Waals surface area contributed by atoms with Gasteiger partial charge in [-0.25, -0.2) is 9.97 Å². The van der Waals surface area contributed by atoms with Gasteiger partial charge in [0.25, 0.3) is 0 Å². The molecule has 0 saturated carbocycles. The van der Waals surface area contributed by atoms with Gasteiger partial charge in [-0.05, 0) is 36.4 Å². The van der Waals surface area contributed by atoms with Crippen molar-refractivity contribution >= 4 is 44.4 Å². The zero-order valence-electron chi connectivity index (χ0n) is 19.3. The molecule has 170 valence electrons. The summed E-state index contributed by atoms with van der Waals surface area (Å²) in [6, 6.07) is 41.3. The Morgan fingerprint density at radius 2 is 1.11 bits per heavy atom. The van der Waals surface area contributed by atoms with Crippen LogP contribution in [0.25, 0.3) is 61.0 Å². The van der Waals surface area contributed by atoms with Gasteiger partial charge in [0.05, 0.1) is 33.5 Å². The molecule has 0 radical (unpaired) electrons. The first-order chi connectivity index (χ1) is 17.8. The van der Waals surface area contributed by atoms with E-state index in [9.17, 15) is 0 Å². The van der Waals surface area contributed by atoms with Crippen molar-refractivity contribution < 1.29 is 0 Å². The number of para-hydroxylation sites is 1. The van der Waals surface area contributed by atoms with Crippen LogP contribution in [0.4, 0.5) is 0 Å². The van der Waals surface area contributed by atoms with Crippen molar-refractivity contribution in [3.63, 3.8) is 0 Å². The molecule has 3 nitrogen and oxygen atoms in total. The lowest BCUT2D eigenvalue weighted by Crippen LogP contribution is -1.98. The van der Waals surface area contributed by atoms with Crippen molar-refractivity contribution in [2.45, 2.75) is 0 Å². The van der Waals surface area contributed by atoms with E-state index >= 15 is 0 Å². The molecule has 0 atom stereocenters. The molecule has 0 unspecified atom stereocenters. The Hall–Kier alpha value is -4.47. The first kappa shape index (κ1) is 20.9. The second kappa shape index (κ2) is 8.33. The van der Waals surface area contributed by atoms with Gasteiger partial charge in [-0.1, -0.05) is 96.5 Å². The van der Waals surface area contributed by atoms with Crippen LogP contribution in [0.3, 0.4) is 0 Å². The summed E-state index contributed by atoms with van der Waals surface area (Å²) in [4.78, 5) is 10.3. The van der Waals surface area contributed by atoms with E-state index in [0.717, 1.165) is 50.3 Å². The monoisotopic (exact) mass is 481 g/mol. The lowest BCUT2D eigenvalue weighted by molar-refractivity contribution is 1.18. The molecule has 4 heteroatoms. The second-order valence-corrected chi connectivity index (χ2v) is 9.28. The third-order valence-corrected chi connectivity index (χ3v) is 6.87. The Morgan fingerprint density at radius 3 is 1.83 bits per heavy atom. The van der Waals surface area contributed by atoms with E-state index in [-0.39, 0.29) is 0 Å². The number of benzene rings is 5. The maximum atomic E-state index is 6.43. The summed E-state index contributed by atoms with van der Waals surface area (Å²) in [7, 11) is 0. The van der Waals surface area contributed by atoms with Crippen LogP contribution in [0.5, 0.6) is 0 Å². The Labute approximate surface area is 213 Å². The summed E-state index contributed by atoms with van der Waals surface area (Å²) in [6.07, 6.45) is 0. The van der Waals surface area contributed by atoms with Crippen LogP contribution in [-0.4, -0.2) is 14.5 Å². The van der Waals surface area contributed by atoms with Crippen molar-refractivity contribution in [3.8, 4) is 28.2 Å². The van der Waals surface area contributed by atoms with E-state index in [4.69, 9.17) is 21.6 Å². The maximum absolute atomic E-state index is 6.43. The Morgan fingerprint density at radius 1 is 0.500 bits per heavy atom. The van der Waals surface area contributed by atoms with Gasteiger partial charge in [-0.15, -0.1) is 0 Å². The van der Waals surface area contributed by atoms with Crippen molar-refractivity contribution in [1.82, 2.24) is 14.5 Å². The first-order valence-corrected chi connectivity index (χ1v) is 12.3.